The van der Waals surface area contributed by atoms with Gasteiger partial charge >= 0.3 is 12.2 Å². The van der Waals surface area contributed by atoms with E-state index in [1.807, 2.05) is 5.32 Å². The Morgan fingerprint density at radius 1 is 1.12 bits per heavy atom. The number of urea groups is 1. The Balaban J connectivity index is 1.77. The summed E-state index contributed by atoms with van der Waals surface area (Å²) in [6.07, 6.45) is -3.57. The summed E-state index contributed by atoms with van der Waals surface area (Å²) in [7, 11) is 0. The molecule has 0 aliphatic carbocycles. The zero-order chi connectivity index (χ0) is 17.7. The van der Waals surface area contributed by atoms with Crippen molar-refractivity contribution in [2.75, 3.05) is 19.6 Å². The van der Waals surface area contributed by atoms with Crippen LogP contribution < -0.4 is 10.6 Å². The summed E-state index contributed by atoms with van der Waals surface area (Å²) in [5, 5.41) is 4.59. The molecule has 1 heterocycles. The molecule has 9 heteroatoms. The number of rotatable bonds is 3. The van der Waals surface area contributed by atoms with Gasteiger partial charge in [-0.25, -0.2) is 9.18 Å². The van der Waals surface area contributed by atoms with Crippen LogP contribution in [0.3, 0.4) is 0 Å². The number of likely N-dealkylation sites (tertiary alicyclic amines) is 1. The lowest BCUT2D eigenvalue weighted by atomic mass is 10.0. The van der Waals surface area contributed by atoms with Crippen LogP contribution in [0.2, 0.25) is 0 Å². The highest BCUT2D eigenvalue weighted by atomic mass is 19.4. The van der Waals surface area contributed by atoms with E-state index in [2.05, 4.69) is 5.32 Å². The van der Waals surface area contributed by atoms with Crippen LogP contribution >= 0.6 is 0 Å². The molecule has 2 rings (SSSR count). The van der Waals surface area contributed by atoms with Crippen LogP contribution in [0.15, 0.2) is 24.3 Å². The summed E-state index contributed by atoms with van der Waals surface area (Å²) in [5.41, 5.74) is 0.321. The Morgan fingerprint density at radius 3 is 2.25 bits per heavy atom. The summed E-state index contributed by atoms with van der Waals surface area (Å²) < 4.78 is 49.0. The Kier molecular flexibility index (Phi) is 5.63. The van der Waals surface area contributed by atoms with Gasteiger partial charge in [-0.1, -0.05) is 0 Å². The molecule has 1 fully saturated rings. The van der Waals surface area contributed by atoms with Gasteiger partial charge in [0.25, 0.3) is 5.91 Å². The zero-order valence-corrected chi connectivity index (χ0v) is 12.7. The first-order chi connectivity index (χ1) is 11.2. The minimum absolute atomic E-state index is 0.186. The van der Waals surface area contributed by atoms with Crippen molar-refractivity contribution in [3.05, 3.63) is 35.6 Å². The highest BCUT2D eigenvalue weighted by Gasteiger charge is 2.30. The first-order valence-electron chi connectivity index (χ1n) is 7.40. The molecule has 2 N–H and O–H groups in total. The van der Waals surface area contributed by atoms with Gasteiger partial charge in [-0.3, -0.25) is 4.79 Å². The Bertz CT molecular complexity index is 581. The quantitative estimate of drug-likeness (QED) is 0.824. The fourth-order valence-electron chi connectivity index (χ4n) is 2.38. The van der Waals surface area contributed by atoms with E-state index in [1.54, 1.807) is 0 Å². The maximum Gasteiger partial charge on any atom is 0.405 e. The number of carbonyl (C=O) groups is 2. The number of carbonyl (C=O) groups excluding carboxylic acids is 2. The van der Waals surface area contributed by atoms with Crippen molar-refractivity contribution in [3.63, 3.8) is 0 Å². The molecule has 132 valence electrons. The molecule has 1 saturated heterocycles. The number of amides is 3. The van der Waals surface area contributed by atoms with Crippen LogP contribution in [0.25, 0.3) is 0 Å². The molecule has 0 unspecified atom stereocenters. The molecule has 0 saturated carbocycles. The molecule has 24 heavy (non-hydrogen) atoms. The molecule has 5 nitrogen and oxygen atoms in total. The number of hydrogen-bond donors (Lipinski definition) is 2. The van der Waals surface area contributed by atoms with Crippen molar-refractivity contribution in [2.24, 2.45) is 0 Å². The summed E-state index contributed by atoms with van der Waals surface area (Å²) in [6, 6.07) is 4.14. The summed E-state index contributed by atoms with van der Waals surface area (Å²) in [6.45, 7) is -0.872. The normalized spacial score (nSPS) is 15.9. The molecule has 0 spiro atoms. The summed E-state index contributed by atoms with van der Waals surface area (Å²) in [5.74, 6) is -0.792. The van der Waals surface area contributed by atoms with Crippen molar-refractivity contribution < 1.29 is 27.2 Å². The second kappa shape index (κ2) is 7.50. The number of nitrogens with one attached hydrogen (secondary N) is 2. The van der Waals surface area contributed by atoms with E-state index in [9.17, 15) is 27.2 Å². The van der Waals surface area contributed by atoms with Crippen LogP contribution in [0.1, 0.15) is 23.2 Å². The van der Waals surface area contributed by atoms with Gasteiger partial charge < -0.3 is 15.5 Å². The van der Waals surface area contributed by atoms with Crippen LogP contribution in [-0.4, -0.2) is 48.7 Å². The van der Waals surface area contributed by atoms with Gasteiger partial charge in [0.05, 0.1) is 0 Å². The molecular formula is C15H17F4N3O2. The lowest BCUT2D eigenvalue weighted by Crippen LogP contribution is -2.50. The molecule has 1 aromatic carbocycles. The lowest BCUT2D eigenvalue weighted by molar-refractivity contribution is -0.123. The first kappa shape index (κ1) is 18.0. The average molecular weight is 347 g/mol. The molecule has 3 amide bonds. The van der Waals surface area contributed by atoms with Crippen molar-refractivity contribution in [1.29, 1.82) is 0 Å². The molecule has 1 aliphatic heterocycles. The topological polar surface area (TPSA) is 61.4 Å². The predicted octanol–water partition coefficient (Wildman–Crippen LogP) is 2.29. The van der Waals surface area contributed by atoms with E-state index in [-0.39, 0.29) is 25.0 Å². The van der Waals surface area contributed by atoms with E-state index in [0.29, 0.717) is 18.4 Å². The maximum atomic E-state index is 12.8. The zero-order valence-electron chi connectivity index (χ0n) is 12.7. The molecule has 1 aliphatic rings. The molecule has 0 radical (unpaired) electrons. The molecule has 0 bridgehead atoms. The predicted molar refractivity (Wildman–Crippen MR) is 77.9 cm³/mol. The Hall–Kier alpha value is -2.32. The SMILES string of the molecule is O=C(NC1CCN(C(=O)NCC(F)(F)F)CC1)c1ccc(F)cc1. The van der Waals surface area contributed by atoms with Gasteiger partial charge in [0.1, 0.15) is 12.4 Å². The standard InChI is InChI=1S/C15H17F4N3O2/c16-11-3-1-10(2-4-11)13(23)21-12-5-7-22(8-6-12)14(24)20-9-15(17,18)19/h1-4,12H,5-9H2,(H,20,24)(H,21,23). The molecule has 1 aromatic rings. The van der Waals surface area contributed by atoms with Gasteiger partial charge in [-0.15, -0.1) is 0 Å². The minimum Gasteiger partial charge on any atom is -0.349 e. The highest BCUT2D eigenvalue weighted by molar-refractivity contribution is 5.94. The molecule has 0 atom stereocenters. The minimum atomic E-state index is -4.45. The van der Waals surface area contributed by atoms with E-state index in [4.69, 9.17) is 0 Å². The maximum absolute atomic E-state index is 12.8. The van der Waals surface area contributed by atoms with Gasteiger partial charge in [-0.05, 0) is 37.1 Å². The van der Waals surface area contributed by atoms with Crippen molar-refractivity contribution in [3.8, 4) is 0 Å². The largest absolute Gasteiger partial charge is 0.405 e. The second-order valence-corrected chi connectivity index (χ2v) is 5.52. The van der Waals surface area contributed by atoms with Gasteiger partial charge in [0.15, 0.2) is 0 Å². The number of benzene rings is 1. The third-order valence-corrected chi connectivity index (χ3v) is 3.66. The molecule has 0 aromatic heterocycles. The van der Waals surface area contributed by atoms with Crippen molar-refractivity contribution in [2.45, 2.75) is 25.1 Å². The number of hydrogen-bond acceptors (Lipinski definition) is 2. The van der Waals surface area contributed by atoms with Crippen molar-refractivity contribution >= 4 is 11.9 Å². The fraction of sp³-hybridized carbons (Fsp3) is 0.467. The van der Waals surface area contributed by atoms with E-state index < -0.39 is 24.6 Å². The summed E-state index contributed by atoms with van der Waals surface area (Å²) >= 11 is 0. The van der Waals surface area contributed by atoms with Crippen LogP contribution in [0.4, 0.5) is 22.4 Å². The van der Waals surface area contributed by atoms with Crippen molar-refractivity contribution in [1.82, 2.24) is 15.5 Å². The number of nitrogens with zero attached hydrogens (tertiary/aromatic N) is 1. The third kappa shape index (κ3) is 5.39. The van der Waals surface area contributed by atoms with Gasteiger partial charge in [0, 0.05) is 24.7 Å². The smallest absolute Gasteiger partial charge is 0.349 e. The number of halogens is 4. The Labute approximate surface area is 136 Å². The van der Waals surface area contributed by atoms with E-state index >= 15 is 0 Å². The fourth-order valence-corrected chi connectivity index (χ4v) is 2.38. The van der Waals surface area contributed by atoms with Crippen LogP contribution in [0.5, 0.6) is 0 Å². The lowest BCUT2D eigenvalue weighted by Gasteiger charge is -2.32. The Morgan fingerprint density at radius 2 is 1.71 bits per heavy atom. The highest BCUT2D eigenvalue weighted by Crippen LogP contribution is 2.14. The van der Waals surface area contributed by atoms with Gasteiger partial charge in [-0.2, -0.15) is 13.2 Å². The molecular weight excluding hydrogens is 330 g/mol. The number of alkyl halides is 3. The second-order valence-electron chi connectivity index (χ2n) is 5.52. The monoisotopic (exact) mass is 347 g/mol. The third-order valence-electron chi connectivity index (χ3n) is 3.66. The van der Waals surface area contributed by atoms with E-state index in [0.717, 1.165) is 0 Å². The average Bonchev–Trinajstić information content (AvgIpc) is 2.53. The number of piperidine rings is 1. The van der Waals surface area contributed by atoms with Crippen LogP contribution in [0, 0.1) is 5.82 Å². The first-order valence-corrected chi connectivity index (χ1v) is 7.40. The van der Waals surface area contributed by atoms with E-state index in [1.165, 1.54) is 29.2 Å². The van der Waals surface area contributed by atoms with Crippen LogP contribution in [-0.2, 0) is 0 Å². The summed E-state index contributed by atoms with van der Waals surface area (Å²) in [4.78, 5) is 24.9. The van der Waals surface area contributed by atoms with Gasteiger partial charge in [0.2, 0.25) is 0 Å².